The van der Waals surface area contributed by atoms with E-state index in [-0.39, 0.29) is 17.8 Å². The second-order valence-electron chi connectivity index (χ2n) is 8.69. The average molecular weight is 377 g/mol. The Morgan fingerprint density at radius 1 is 1.15 bits per heavy atom. The van der Waals surface area contributed by atoms with Crippen LogP contribution in [0.2, 0.25) is 0 Å². The average Bonchev–Trinajstić information content (AvgIpc) is 3.25. The molecule has 4 heteroatoms. The highest BCUT2D eigenvalue weighted by molar-refractivity contribution is 5.85. The van der Waals surface area contributed by atoms with E-state index in [4.69, 9.17) is 0 Å². The van der Waals surface area contributed by atoms with Crippen LogP contribution in [0, 0.1) is 23.2 Å². The quantitative estimate of drug-likeness (QED) is 0.844. The standard InChI is InChI=1S/C22H32N2O.ClH/c1-23-16-18-9-11-24(12-10-18)21(25)22(14-17-5-3-2-4-6-17)15-19-7-8-20(22)13-19;/h2-6,18-20,23H,7-16H2,1H3;1H. The van der Waals surface area contributed by atoms with Crippen molar-refractivity contribution in [2.45, 2.75) is 44.9 Å². The number of likely N-dealkylation sites (tertiary alicyclic amines) is 1. The van der Waals surface area contributed by atoms with Crippen molar-refractivity contribution in [1.82, 2.24) is 10.2 Å². The Balaban J connectivity index is 0.00000196. The van der Waals surface area contributed by atoms with Crippen molar-refractivity contribution in [1.29, 1.82) is 0 Å². The van der Waals surface area contributed by atoms with Crippen molar-refractivity contribution in [3.8, 4) is 0 Å². The molecule has 1 heterocycles. The summed E-state index contributed by atoms with van der Waals surface area (Å²) in [6.07, 6.45) is 8.28. The van der Waals surface area contributed by atoms with Gasteiger partial charge in [0.25, 0.3) is 0 Å². The van der Waals surface area contributed by atoms with Gasteiger partial charge in [0.2, 0.25) is 5.91 Å². The maximum Gasteiger partial charge on any atom is 0.229 e. The highest BCUT2D eigenvalue weighted by atomic mass is 35.5. The highest BCUT2D eigenvalue weighted by Crippen LogP contribution is 2.58. The Morgan fingerprint density at radius 3 is 2.46 bits per heavy atom. The fraction of sp³-hybridized carbons (Fsp3) is 0.682. The first-order valence-corrected chi connectivity index (χ1v) is 10.2. The lowest BCUT2D eigenvalue weighted by Crippen LogP contribution is -2.51. The topological polar surface area (TPSA) is 32.3 Å². The maximum absolute atomic E-state index is 13.7. The fourth-order valence-electron chi connectivity index (χ4n) is 5.90. The van der Waals surface area contributed by atoms with E-state index in [2.05, 4.69) is 40.5 Å². The normalized spacial score (nSPS) is 31.0. The van der Waals surface area contributed by atoms with Gasteiger partial charge < -0.3 is 10.2 Å². The zero-order valence-corrected chi connectivity index (χ0v) is 16.8. The Bertz CT molecular complexity index is 599. The maximum atomic E-state index is 13.7. The third kappa shape index (κ3) is 3.66. The summed E-state index contributed by atoms with van der Waals surface area (Å²) in [4.78, 5) is 15.9. The van der Waals surface area contributed by atoms with E-state index in [9.17, 15) is 4.79 Å². The third-order valence-corrected chi connectivity index (χ3v) is 7.16. The number of benzene rings is 1. The van der Waals surface area contributed by atoms with Gasteiger partial charge in [0.15, 0.2) is 0 Å². The zero-order chi connectivity index (χ0) is 17.3. The molecule has 1 aromatic rings. The lowest BCUT2D eigenvalue weighted by atomic mass is 9.68. The number of carbonyl (C=O) groups excluding carboxylic acids is 1. The van der Waals surface area contributed by atoms with Gasteiger partial charge in [-0.3, -0.25) is 4.79 Å². The molecule has 144 valence electrons. The van der Waals surface area contributed by atoms with Gasteiger partial charge in [0.1, 0.15) is 0 Å². The molecule has 0 spiro atoms. The number of piperidine rings is 1. The van der Waals surface area contributed by atoms with Crippen LogP contribution in [0.3, 0.4) is 0 Å². The van der Waals surface area contributed by atoms with Gasteiger partial charge in [-0.15, -0.1) is 12.4 Å². The van der Waals surface area contributed by atoms with E-state index in [0.717, 1.165) is 57.2 Å². The summed E-state index contributed by atoms with van der Waals surface area (Å²) in [6.45, 7) is 3.00. The SMILES string of the molecule is CNCC1CCN(C(=O)C2(Cc3ccccc3)CC3CCC2C3)CC1.Cl. The number of hydrogen-bond donors (Lipinski definition) is 1. The second-order valence-corrected chi connectivity index (χ2v) is 8.69. The molecule has 3 atom stereocenters. The molecule has 1 aromatic carbocycles. The summed E-state index contributed by atoms with van der Waals surface area (Å²) in [5, 5.41) is 3.30. The number of hydrogen-bond acceptors (Lipinski definition) is 2. The van der Waals surface area contributed by atoms with Gasteiger partial charge in [-0.1, -0.05) is 36.8 Å². The number of nitrogens with zero attached hydrogens (tertiary/aromatic N) is 1. The van der Waals surface area contributed by atoms with Gasteiger partial charge in [0, 0.05) is 13.1 Å². The Labute approximate surface area is 164 Å². The molecule has 2 aliphatic carbocycles. The Kier molecular flexibility index (Phi) is 6.29. The van der Waals surface area contributed by atoms with Crippen molar-refractivity contribution < 1.29 is 4.79 Å². The van der Waals surface area contributed by atoms with Crippen LogP contribution < -0.4 is 5.32 Å². The third-order valence-electron chi connectivity index (χ3n) is 7.16. The monoisotopic (exact) mass is 376 g/mol. The molecule has 1 saturated heterocycles. The van der Waals surface area contributed by atoms with Crippen LogP contribution in [-0.4, -0.2) is 37.5 Å². The molecule has 2 saturated carbocycles. The van der Waals surface area contributed by atoms with Gasteiger partial charge in [-0.05, 0) is 75.4 Å². The molecule has 3 unspecified atom stereocenters. The summed E-state index contributed by atoms with van der Waals surface area (Å²) >= 11 is 0. The molecule has 3 nitrogen and oxygen atoms in total. The first-order valence-electron chi connectivity index (χ1n) is 10.2. The van der Waals surface area contributed by atoms with Crippen LogP contribution >= 0.6 is 12.4 Å². The molecule has 3 aliphatic rings. The van der Waals surface area contributed by atoms with Gasteiger partial charge in [-0.2, -0.15) is 0 Å². The van der Waals surface area contributed by atoms with Crippen LogP contribution in [0.5, 0.6) is 0 Å². The molecule has 4 rings (SSSR count). The number of rotatable bonds is 5. The molecular formula is C22H33ClN2O. The van der Waals surface area contributed by atoms with Crippen LogP contribution in [0.25, 0.3) is 0 Å². The molecular weight excluding hydrogens is 344 g/mol. The molecule has 26 heavy (non-hydrogen) atoms. The predicted octanol–water partition coefficient (Wildman–Crippen LogP) is 3.92. The van der Waals surface area contributed by atoms with E-state index in [0.29, 0.717) is 11.8 Å². The minimum Gasteiger partial charge on any atom is -0.342 e. The second kappa shape index (κ2) is 8.31. The zero-order valence-electron chi connectivity index (χ0n) is 16.0. The predicted molar refractivity (Wildman–Crippen MR) is 109 cm³/mol. The summed E-state index contributed by atoms with van der Waals surface area (Å²) in [7, 11) is 2.03. The summed E-state index contributed by atoms with van der Waals surface area (Å²) < 4.78 is 0. The van der Waals surface area contributed by atoms with E-state index in [1.54, 1.807) is 0 Å². The fourth-order valence-corrected chi connectivity index (χ4v) is 5.90. The highest BCUT2D eigenvalue weighted by Gasteiger charge is 2.56. The van der Waals surface area contributed by atoms with E-state index in [1.807, 2.05) is 7.05 Å². The number of carbonyl (C=O) groups is 1. The number of nitrogens with one attached hydrogen (secondary N) is 1. The minimum atomic E-state index is -0.111. The smallest absolute Gasteiger partial charge is 0.229 e. The van der Waals surface area contributed by atoms with Gasteiger partial charge in [-0.25, -0.2) is 0 Å². The molecule has 1 amide bonds. The summed E-state index contributed by atoms with van der Waals surface area (Å²) in [5.41, 5.74) is 1.23. The molecule has 1 aliphatic heterocycles. The first kappa shape index (κ1) is 19.7. The Hall–Kier alpha value is -1.06. The first-order chi connectivity index (χ1) is 12.2. The van der Waals surface area contributed by atoms with E-state index >= 15 is 0 Å². The van der Waals surface area contributed by atoms with Gasteiger partial charge >= 0.3 is 0 Å². The molecule has 0 radical (unpaired) electrons. The van der Waals surface area contributed by atoms with Crippen molar-refractivity contribution in [3.63, 3.8) is 0 Å². The summed E-state index contributed by atoms with van der Waals surface area (Å²) in [5.74, 6) is 2.62. The Morgan fingerprint density at radius 2 is 1.88 bits per heavy atom. The van der Waals surface area contributed by atoms with Crippen LogP contribution in [0.4, 0.5) is 0 Å². The van der Waals surface area contributed by atoms with Crippen LogP contribution in [0.1, 0.15) is 44.1 Å². The van der Waals surface area contributed by atoms with Crippen molar-refractivity contribution in [2.24, 2.45) is 23.2 Å². The minimum absolute atomic E-state index is 0. The molecule has 2 bridgehead atoms. The summed E-state index contributed by atoms with van der Waals surface area (Å²) in [6, 6.07) is 10.7. The van der Waals surface area contributed by atoms with Crippen LogP contribution in [-0.2, 0) is 11.2 Å². The largest absolute Gasteiger partial charge is 0.342 e. The van der Waals surface area contributed by atoms with Crippen molar-refractivity contribution in [3.05, 3.63) is 35.9 Å². The molecule has 1 N–H and O–H groups in total. The van der Waals surface area contributed by atoms with E-state index in [1.165, 1.54) is 24.8 Å². The van der Waals surface area contributed by atoms with Crippen molar-refractivity contribution in [2.75, 3.05) is 26.7 Å². The molecule has 3 fully saturated rings. The number of fused-ring (bicyclic) bond motifs is 2. The number of halogens is 1. The molecule has 0 aromatic heterocycles. The van der Waals surface area contributed by atoms with Gasteiger partial charge in [0.05, 0.1) is 5.41 Å². The lowest BCUT2D eigenvalue weighted by Gasteiger charge is -2.43. The van der Waals surface area contributed by atoms with Crippen molar-refractivity contribution >= 4 is 18.3 Å². The lowest BCUT2D eigenvalue weighted by molar-refractivity contribution is -0.147. The number of amides is 1. The van der Waals surface area contributed by atoms with E-state index < -0.39 is 0 Å². The van der Waals surface area contributed by atoms with Crippen LogP contribution in [0.15, 0.2) is 30.3 Å².